The number of hydrogen-bond acceptors (Lipinski definition) is 11. The number of aliphatic hydroxyl groups excluding tert-OH is 7. The molecular weight excluding hydrogens is 777 g/mol. The molecule has 0 radical (unpaired) electrons. The van der Waals surface area contributed by atoms with Crippen molar-refractivity contribution in [1.29, 1.82) is 0 Å². The van der Waals surface area contributed by atoms with Crippen LogP contribution in [0.3, 0.4) is 0 Å². The third kappa shape index (κ3) is 27.5. The lowest BCUT2D eigenvalue weighted by Gasteiger charge is -2.41. The van der Waals surface area contributed by atoms with Crippen LogP contribution in [0.5, 0.6) is 0 Å². The standard InChI is InChI=1S/C45H86NO12P/c1-3-5-7-9-11-13-15-16-17-18-19-20-21-23-25-27-29-31-33-38(48)37(35-57-59(55,56)58-45-43(53)41(51)40(50)42(52)44(45)54)46-39(49)34-36(47)32-30-28-26-24-22-14-12-10-8-6-4-2/h24,26,30,32,36-38,40-45,47-48,50-54H,3-23,25,27-29,31,33-35H2,1-2H3,(H,46,49)(H,55,56)/b26-24-,32-30-. The Morgan fingerprint density at radius 3 is 1.51 bits per heavy atom. The summed E-state index contributed by atoms with van der Waals surface area (Å²) in [6, 6.07) is -1.18. The van der Waals surface area contributed by atoms with Crippen molar-refractivity contribution < 1.29 is 59.0 Å². The molecule has 9 N–H and O–H groups in total. The van der Waals surface area contributed by atoms with E-state index in [2.05, 4.69) is 25.2 Å². The third-order valence-electron chi connectivity index (χ3n) is 11.3. The molecule has 0 bridgehead atoms. The fraction of sp³-hybridized carbons (Fsp3) is 0.889. The van der Waals surface area contributed by atoms with Crippen molar-refractivity contribution in [2.24, 2.45) is 0 Å². The van der Waals surface area contributed by atoms with Crippen molar-refractivity contribution >= 4 is 13.7 Å². The third-order valence-corrected chi connectivity index (χ3v) is 12.3. The molecule has 348 valence electrons. The van der Waals surface area contributed by atoms with Crippen molar-refractivity contribution in [2.75, 3.05) is 6.61 Å². The molecule has 0 spiro atoms. The number of hydrogen-bond donors (Lipinski definition) is 9. The average molecular weight is 864 g/mol. The Hall–Kier alpha value is -1.22. The van der Waals surface area contributed by atoms with Gasteiger partial charge < -0.3 is 46.0 Å². The smallest absolute Gasteiger partial charge is 0.391 e. The lowest BCUT2D eigenvalue weighted by molar-refractivity contribution is -0.220. The van der Waals surface area contributed by atoms with Crippen LogP contribution in [0, 0.1) is 0 Å². The molecule has 8 atom stereocenters. The quantitative estimate of drug-likeness (QED) is 0.0166. The molecule has 1 saturated carbocycles. The normalized spacial score (nSPS) is 23.8. The number of allylic oxidation sites excluding steroid dienone is 3. The van der Waals surface area contributed by atoms with Crippen molar-refractivity contribution in [1.82, 2.24) is 5.32 Å². The van der Waals surface area contributed by atoms with E-state index in [4.69, 9.17) is 9.05 Å². The lowest BCUT2D eigenvalue weighted by Crippen LogP contribution is -2.64. The molecule has 8 unspecified atom stereocenters. The molecular formula is C45H86NO12P. The Balaban J connectivity index is 2.55. The van der Waals surface area contributed by atoms with E-state index in [1.54, 1.807) is 6.08 Å². The Morgan fingerprint density at radius 1 is 0.610 bits per heavy atom. The van der Waals surface area contributed by atoms with Crippen LogP contribution in [0.1, 0.15) is 194 Å². The van der Waals surface area contributed by atoms with Gasteiger partial charge in [0.15, 0.2) is 0 Å². The van der Waals surface area contributed by atoms with Gasteiger partial charge >= 0.3 is 7.82 Å². The number of phosphoric ester groups is 1. The molecule has 0 aliphatic heterocycles. The second-order valence-electron chi connectivity index (χ2n) is 16.8. The molecule has 0 aromatic heterocycles. The summed E-state index contributed by atoms with van der Waals surface area (Å²) in [5.74, 6) is -0.627. The minimum absolute atomic E-state index is 0.257. The highest BCUT2D eigenvalue weighted by Crippen LogP contribution is 2.47. The maximum atomic E-state index is 12.9. The first kappa shape index (κ1) is 55.8. The summed E-state index contributed by atoms with van der Waals surface area (Å²) < 4.78 is 22.9. The predicted molar refractivity (Wildman–Crippen MR) is 234 cm³/mol. The number of carbonyl (C=O) groups excluding carboxylic acids is 1. The molecule has 1 amide bonds. The van der Waals surface area contributed by atoms with E-state index in [0.717, 1.165) is 38.5 Å². The van der Waals surface area contributed by atoms with E-state index in [-0.39, 0.29) is 12.8 Å². The molecule has 1 aliphatic rings. The number of phosphoric acid groups is 1. The van der Waals surface area contributed by atoms with Crippen LogP contribution < -0.4 is 5.32 Å². The van der Waals surface area contributed by atoms with Crippen LogP contribution >= 0.6 is 7.82 Å². The van der Waals surface area contributed by atoms with Crippen LogP contribution in [0.4, 0.5) is 0 Å². The van der Waals surface area contributed by atoms with E-state index in [1.165, 1.54) is 122 Å². The molecule has 0 heterocycles. The van der Waals surface area contributed by atoms with Gasteiger partial charge in [-0.1, -0.05) is 186 Å². The Kier molecular flexibility index (Phi) is 33.3. The maximum absolute atomic E-state index is 12.9. The van der Waals surface area contributed by atoms with Crippen molar-refractivity contribution in [2.45, 2.75) is 249 Å². The van der Waals surface area contributed by atoms with Gasteiger partial charge in [-0.25, -0.2) is 4.57 Å². The van der Waals surface area contributed by atoms with Gasteiger partial charge in [-0.05, 0) is 25.7 Å². The highest BCUT2D eigenvalue weighted by Gasteiger charge is 2.51. The fourth-order valence-electron chi connectivity index (χ4n) is 7.48. The number of unbranched alkanes of at least 4 members (excludes halogenated alkanes) is 23. The summed E-state index contributed by atoms with van der Waals surface area (Å²) in [5, 5.41) is 74.4. The van der Waals surface area contributed by atoms with Crippen molar-refractivity contribution in [3.63, 3.8) is 0 Å². The fourth-order valence-corrected chi connectivity index (χ4v) is 8.45. The highest BCUT2D eigenvalue weighted by molar-refractivity contribution is 7.47. The zero-order valence-electron chi connectivity index (χ0n) is 36.7. The predicted octanol–water partition coefficient (Wildman–Crippen LogP) is 7.59. The lowest BCUT2D eigenvalue weighted by atomic mass is 9.85. The van der Waals surface area contributed by atoms with Crippen LogP contribution in [0.2, 0.25) is 0 Å². The minimum Gasteiger partial charge on any atom is -0.391 e. The van der Waals surface area contributed by atoms with E-state index in [9.17, 15) is 50.0 Å². The van der Waals surface area contributed by atoms with Gasteiger partial charge in [0.1, 0.15) is 36.6 Å². The van der Waals surface area contributed by atoms with Gasteiger partial charge in [0.05, 0.1) is 31.3 Å². The van der Waals surface area contributed by atoms with Crippen molar-refractivity contribution in [3.8, 4) is 0 Å². The molecule has 14 heteroatoms. The van der Waals surface area contributed by atoms with E-state index in [1.807, 2.05) is 6.08 Å². The van der Waals surface area contributed by atoms with Gasteiger partial charge in [-0.2, -0.15) is 0 Å². The number of carbonyl (C=O) groups is 1. The molecule has 0 aromatic rings. The van der Waals surface area contributed by atoms with E-state index < -0.39 is 75.2 Å². The molecule has 59 heavy (non-hydrogen) atoms. The molecule has 1 rings (SSSR count). The average Bonchev–Trinajstić information content (AvgIpc) is 3.21. The summed E-state index contributed by atoms with van der Waals surface area (Å²) in [5.41, 5.74) is 0. The number of rotatable bonds is 38. The largest absolute Gasteiger partial charge is 0.472 e. The van der Waals surface area contributed by atoms with Crippen LogP contribution in [0.15, 0.2) is 24.3 Å². The minimum atomic E-state index is -5.13. The topological polar surface area (TPSA) is 226 Å². The molecule has 0 saturated heterocycles. The van der Waals surface area contributed by atoms with E-state index in [0.29, 0.717) is 12.8 Å². The molecule has 1 fully saturated rings. The Morgan fingerprint density at radius 2 is 1.03 bits per heavy atom. The first-order valence-corrected chi connectivity index (χ1v) is 24.9. The summed E-state index contributed by atoms with van der Waals surface area (Å²) in [7, 11) is -5.13. The van der Waals surface area contributed by atoms with Gasteiger partial charge in [0.25, 0.3) is 0 Å². The van der Waals surface area contributed by atoms with E-state index >= 15 is 0 Å². The summed E-state index contributed by atoms with van der Waals surface area (Å²) >= 11 is 0. The molecule has 0 aromatic carbocycles. The number of amides is 1. The monoisotopic (exact) mass is 864 g/mol. The first-order valence-electron chi connectivity index (χ1n) is 23.4. The van der Waals surface area contributed by atoms with Crippen LogP contribution in [-0.2, 0) is 18.4 Å². The number of nitrogens with one attached hydrogen (secondary N) is 1. The Labute approximate surface area is 356 Å². The Bertz CT molecular complexity index is 1110. The zero-order chi connectivity index (χ0) is 43.7. The van der Waals surface area contributed by atoms with Gasteiger partial charge in [0.2, 0.25) is 5.91 Å². The van der Waals surface area contributed by atoms with Crippen LogP contribution in [0.25, 0.3) is 0 Å². The second-order valence-corrected chi connectivity index (χ2v) is 18.2. The summed E-state index contributed by atoms with van der Waals surface area (Å²) in [6.45, 7) is 3.74. The molecule has 13 nitrogen and oxygen atoms in total. The summed E-state index contributed by atoms with van der Waals surface area (Å²) in [6.07, 6.45) is 24.0. The second kappa shape index (κ2) is 35.3. The maximum Gasteiger partial charge on any atom is 0.472 e. The SMILES string of the molecule is CCCCCCCC/C=C\C/C=C\C(O)CC(=O)NC(COP(=O)(O)OC1C(O)C(O)C(O)C(O)C1O)C(O)CCCCCCCCCCCCCCCCCCCC. The zero-order valence-corrected chi connectivity index (χ0v) is 37.6. The molecule has 1 aliphatic carbocycles. The van der Waals surface area contributed by atoms with Crippen LogP contribution in [-0.4, -0.2) is 108 Å². The van der Waals surface area contributed by atoms with Gasteiger partial charge in [-0.15, -0.1) is 0 Å². The van der Waals surface area contributed by atoms with Gasteiger partial charge in [0, 0.05) is 0 Å². The highest BCUT2D eigenvalue weighted by atomic mass is 31.2. The first-order chi connectivity index (χ1) is 28.3. The summed E-state index contributed by atoms with van der Waals surface area (Å²) in [4.78, 5) is 23.4. The number of aliphatic hydroxyl groups is 7. The van der Waals surface area contributed by atoms with Gasteiger partial charge in [-0.3, -0.25) is 13.8 Å². The van der Waals surface area contributed by atoms with Crippen molar-refractivity contribution in [3.05, 3.63) is 24.3 Å².